The molecule has 1 aliphatic rings. The maximum Gasteiger partial charge on any atom is 0.164 e. The number of aliphatic hydroxyl groups is 3. The Labute approximate surface area is 161 Å². The summed E-state index contributed by atoms with van der Waals surface area (Å²) in [7, 11) is 3.69. The number of hydrogen-bond acceptors (Lipinski definition) is 8. The highest BCUT2D eigenvalue weighted by molar-refractivity contribution is 5.78. The van der Waals surface area contributed by atoms with Gasteiger partial charge in [-0.2, -0.15) is 0 Å². The lowest BCUT2D eigenvalue weighted by Gasteiger charge is -2.22. The van der Waals surface area contributed by atoms with E-state index in [4.69, 9.17) is 4.74 Å². The van der Waals surface area contributed by atoms with Crippen LogP contribution in [0.1, 0.15) is 23.6 Å². The molecule has 1 fully saturated rings. The van der Waals surface area contributed by atoms with Crippen molar-refractivity contribution in [3.63, 3.8) is 0 Å². The molecule has 0 aromatic carbocycles. The van der Waals surface area contributed by atoms with Crippen molar-refractivity contribution in [2.75, 3.05) is 19.0 Å². The average Bonchev–Trinajstić information content (AvgIpc) is 3.24. The van der Waals surface area contributed by atoms with Gasteiger partial charge in [-0.3, -0.25) is 0 Å². The Morgan fingerprint density at radius 2 is 1.93 bits per heavy atom. The molecule has 4 heterocycles. The molecule has 0 radical (unpaired) electrons. The van der Waals surface area contributed by atoms with Crippen molar-refractivity contribution in [2.24, 2.45) is 0 Å². The Balaban J connectivity index is 1.64. The number of aliphatic hydroxyl groups excluding tert-OH is 3. The van der Waals surface area contributed by atoms with E-state index in [0.29, 0.717) is 17.0 Å². The van der Waals surface area contributed by atoms with Crippen molar-refractivity contribution in [3.05, 3.63) is 48.2 Å². The molecule has 9 nitrogen and oxygen atoms in total. The molecule has 5 atom stereocenters. The highest BCUT2D eigenvalue weighted by Crippen LogP contribution is 2.37. The summed E-state index contributed by atoms with van der Waals surface area (Å²) >= 11 is 0. The van der Waals surface area contributed by atoms with Crippen LogP contribution in [0.4, 0.5) is 5.82 Å². The van der Waals surface area contributed by atoms with E-state index >= 15 is 0 Å². The van der Waals surface area contributed by atoms with Gasteiger partial charge in [-0.25, -0.2) is 15.0 Å². The van der Waals surface area contributed by atoms with Crippen molar-refractivity contribution in [2.45, 2.75) is 37.6 Å². The standard InChI is InChI=1S/C19H23N5O4/c1-10-12-5-7-24(18(12)22-9-21-10)19-16(27)15(26)17(28-19)14(25)11-4-6-20-13(8-11)23(2)3/h4-9,14-17,19,25-27H,1-3H3. The van der Waals surface area contributed by atoms with E-state index in [1.807, 2.05) is 32.0 Å². The number of pyridine rings is 1. The molecule has 3 aromatic heterocycles. The second-order valence-electron chi connectivity index (χ2n) is 7.18. The fraction of sp³-hybridized carbons (Fsp3) is 0.421. The van der Waals surface area contributed by atoms with Crippen molar-refractivity contribution < 1.29 is 20.1 Å². The Kier molecular flexibility index (Phi) is 4.76. The van der Waals surface area contributed by atoms with Gasteiger partial charge >= 0.3 is 0 Å². The Morgan fingerprint density at radius 3 is 2.68 bits per heavy atom. The van der Waals surface area contributed by atoms with Gasteiger partial charge in [-0.05, 0) is 30.7 Å². The van der Waals surface area contributed by atoms with Gasteiger partial charge in [-0.15, -0.1) is 0 Å². The van der Waals surface area contributed by atoms with Gasteiger partial charge in [0, 0.05) is 31.9 Å². The lowest BCUT2D eigenvalue weighted by molar-refractivity contribution is -0.0848. The minimum atomic E-state index is -1.27. The summed E-state index contributed by atoms with van der Waals surface area (Å²) in [6, 6.07) is 5.22. The van der Waals surface area contributed by atoms with Gasteiger partial charge in [0.05, 0.1) is 5.69 Å². The molecule has 148 valence electrons. The molecule has 0 amide bonds. The number of rotatable bonds is 4. The summed E-state index contributed by atoms with van der Waals surface area (Å²) in [5, 5.41) is 32.8. The summed E-state index contributed by atoms with van der Waals surface area (Å²) in [6.07, 6.45) is -0.737. The molecule has 5 unspecified atom stereocenters. The van der Waals surface area contributed by atoms with Crippen LogP contribution in [0.2, 0.25) is 0 Å². The quantitative estimate of drug-likeness (QED) is 0.596. The third kappa shape index (κ3) is 3.02. The predicted molar refractivity (Wildman–Crippen MR) is 102 cm³/mol. The zero-order valence-corrected chi connectivity index (χ0v) is 15.8. The van der Waals surface area contributed by atoms with Crippen molar-refractivity contribution in [1.29, 1.82) is 0 Å². The normalized spacial score (nSPS) is 25.9. The molecular formula is C19H23N5O4. The van der Waals surface area contributed by atoms with Crippen molar-refractivity contribution in [1.82, 2.24) is 19.5 Å². The smallest absolute Gasteiger partial charge is 0.164 e. The molecule has 9 heteroatoms. The number of ether oxygens (including phenoxy) is 1. The van der Waals surface area contributed by atoms with Gasteiger partial charge in [0.1, 0.15) is 42.2 Å². The van der Waals surface area contributed by atoms with Crippen LogP contribution in [0.25, 0.3) is 11.0 Å². The average molecular weight is 385 g/mol. The number of aromatic nitrogens is 4. The third-order valence-electron chi connectivity index (χ3n) is 5.14. The van der Waals surface area contributed by atoms with Crippen molar-refractivity contribution in [3.8, 4) is 0 Å². The van der Waals surface area contributed by atoms with Crippen LogP contribution in [0.5, 0.6) is 0 Å². The predicted octanol–water partition coefficient (Wildman–Crippen LogP) is 0.554. The Bertz CT molecular complexity index is 991. The van der Waals surface area contributed by atoms with Crippen molar-refractivity contribution >= 4 is 16.9 Å². The summed E-state index contributed by atoms with van der Waals surface area (Å²) in [5.74, 6) is 0.671. The molecule has 0 spiro atoms. The largest absolute Gasteiger partial charge is 0.387 e. The zero-order chi connectivity index (χ0) is 20.0. The van der Waals surface area contributed by atoms with E-state index in [1.165, 1.54) is 6.33 Å². The summed E-state index contributed by atoms with van der Waals surface area (Å²) in [5.41, 5.74) is 1.95. The first-order chi connectivity index (χ1) is 13.4. The van der Waals surface area contributed by atoms with Crippen LogP contribution in [0, 0.1) is 6.92 Å². The number of nitrogens with zero attached hydrogens (tertiary/aromatic N) is 5. The van der Waals surface area contributed by atoms with Gasteiger partial charge < -0.3 is 29.5 Å². The lowest BCUT2D eigenvalue weighted by Crippen LogP contribution is -2.34. The number of fused-ring (bicyclic) bond motifs is 1. The number of anilines is 1. The summed E-state index contributed by atoms with van der Waals surface area (Å²) in [4.78, 5) is 14.5. The van der Waals surface area contributed by atoms with Gasteiger partial charge in [-0.1, -0.05) is 0 Å². The fourth-order valence-corrected chi connectivity index (χ4v) is 3.53. The SMILES string of the molecule is Cc1ncnc2c1ccn2C1OC(C(O)c2ccnc(N(C)C)c2)C(O)C1O. The molecule has 1 saturated heterocycles. The summed E-state index contributed by atoms with van der Waals surface area (Å²) < 4.78 is 7.57. The molecule has 0 saturated carbocycles. The number of aryl methyl sites for hydroxylation is 1. The summed E-state index contributed by atoms with van der Waals surface area (Å²) in [6.45, 7) is 1.87. The Hall–Kier alpha value is -2.59. The third-order valence-corrected chi connectivity index (χ3v) is 5.14. The second-order valence-corrected chi connectivity index (χ2v) is 7.18. The van der Waals surface area contributed by atoms with Gasteiger partial charge in [0.15, 0.2) is 6.23 Å². The van der Waals surface area contributed by atoms with Crippen LogP contribution >= 0.6 is 0 Å². The zero-order valence-electron chi connectivity index (χ0n) is 15.8. The van der Waals surface area contributed by atoms with Crippen LogP contribution in [-0.4, -0.2) is 67.2 Å². The maximum absolute atomic E-state index is 10.8. The van der Waals surface area contributed by atoms with E-state index in [1.54, 1.807) is 29.1 Å². The van der Waals surface area contributed by atoms with E-state index in [0.717, 1.165) is 11.1 Å². The van der Waals surface area contributed by atoms with E-state index in [9.17, 15) is 15.3 Å². The fourth-order valence-electron chi connectivity index (χ4n) is 3.53. The van der Waals surface area contributed by atoms with Gasteiger partial charge in [0.25, 0.3) is 0 Å². The number of hydrogen-bond donors (Lipinski definition) is 3. The van der Waals surface area contributed by atoms with Crippen LogP contribution in [0.15, 0.2) is 36.9 Å². The van der Waals surface area contributed by atoms with Gasteiger partial charge in [0.2, 0.25) is 0 Å². The molecular weight excluding hydrogens is 362 g/mol. The Morgan fingerprint density at radius 1 is 1.14 bits per heavy atom. The molecule has 28 heavy (non-hydrogen) atoms. The molecule has 0 bridgehead atoms. The van der Waals surface area contributed by atoms with E-state index < -0.39 is 30.6 Å². The van der Waals surface area contributed by atoms with E-state index in [-0.39, 0.29) is 0 Å². The minimum Gasteiger partial charge on any atom is -0.387 e. The maximum atomic E-state index is 10.8. The lowest BCUT2D eigenvalue weighted by atomic mass is 10.00. The minimum absolute atomic E-state index is 0.547. The molecule has 3 N–H and O–H groups in total. The second kappa shape index (κ2) is 7.10. The first kappa shape index (κ1) is 18.8. The topological polar surface area (TPSA) is 117 Å². The van der Waals surface area contributed by atoms with E-state index in [2.05, 4.69) is 15.0 Å². The highest BCUT2D eigenvalue weighted by Gasteiger charge is 2.47. The first-order valence-electron chi connectivity index (χ1n) is 8.99. The molecule has 1 aliphatic heterocycles. The molecule has 3 aromatic rings. The molecule has 0 aliphatic carbocycles. The van der Waals surface area contributed by atoms with Crippen LogP contribution in [0.3, 0.4) is 0 Å². The van der Waals surface area contributed by atoms with Crippen LogP contribution in [-0.2, 0) is 4.74 Å². The highest BCUT2D eigenvalue weighted by atomic mass is 16.6. The molecule has 4 rings (SSSR count). The first-order valence-corrected chi connectivity index (χ1v) is 8.99. The van der Waals surface area contributed by atoms with Crippen LogP contribution < -0.4 is 4.90 Å². The monoisotopic (exact) mass is 385 g/mol.